The Morgan fingerprint density at radius 1 is 1.15 bits per heavy atom. The molecule has 2 atom stereocenters. The summed E-state index contributed by atoms with van der Waals surface area (Å²) in [6.07, 6.45) is 0.235. The number of halogens is 1. The van der Waals surface area contributed by atoms with Crippen molar-refractivity contribution in [2.75, 3.05) is 16.4 Å². The van der Waals surface area contributed by atoms with Crippen LogP contribution in [0.5, 0.6) is 0 Å². The largest absolute Gasteiger partial charge is 0.316 e. The zero-order valence-electron chi connectivity index (χ0n) is 14.3. The number of aliphatic imine (C=N–C) groups is 1. The number of sulfone groups is 1. The van der Waals surface area contributed by atoms with E-state index in [9.17, 15) is 13.2 Å². The van der Waals surface area contributed by atoms with Gasteiger partial charge >= 0.3 is 0 Å². The quantitative estimate of drug-likeness (QED) is 0.592. The molecule has 27 heavy (non-hydrogen) atoms. The summed E-state index contributed by atoms with van der Waals surface area (Å²) in [4.78, 5) is 18.8. The summed E-state index contributed by atoms with van der Waals surface area (Å²) < 4.78 is 25.3. The molecule has 8 heteroatoms. The van der Waals surface area contributed by atoms with E-state index in [0.29, 0.717) is 5.17 Å². The Kier molecular flexibility index (Phi) is 5.30. The molecule has 0 spiro atoms. The van der Waals surface area contributed by atoms with E-state index in [1.165, 1.54) is 11.8 Å². The number of thioether (sulfide) groups is 1. The SMILES string of the molecule is O=C(Cc1ccccc1)N=C1S[C@@H]2CS(=O)(=O)C[C@H]2N1c1cccc(I)c1. The van der Waals surface area contributed by atoms with Gasteiger partial charge in [-0.25, -0.2) is 8.42 Å². The first kappa shape index (κ1) is 18.9. The molecular formula is C19H17IN2O3S2. The molecule has 0 N–H and O–H groups in total. The van der Waals surface area contributed by atoms with Crippen LogP contribution in [-0.2, 0) is 21.1 Å². The molecule has 2 heterocycles. The van der Waals surface area contributed by atoms with Crippen LogP contribution < -0.4 is 4.90 Å². The van der Waals surface area contributed by atoms with Crippen molar-refractivity contribution in [1.29, 1.82) is 0 Å². The third-order valence-corrected chi connectivity index (χ3v) is 8.45. The molecule has 1 amide bonds. The molecule has 0 aliphatic carbocycles. The number of amidine groups is 1. The van der Waals surface area contributed by atoms with E-state index in [0.717, 1.165) is 14.8 Å². The minimum Gasteiger partial charge on any atom is -0.316 e. The summed E-state index contributed by atoms with van der Waals surface area (Å²) in [6.45, 7) is 0. The van der Waals surface area contributed by atoms with Crippen LogP contribution in [0.2, 0.25) is 0 Å². The highest BCUT2D eigenvalue weighted by Crippen LogP contribution is 2.41. The number of fused-ring (bicyclic) bond motifs is 1. The van der Waals surface area contributed by atoms with Gasteiger partial charge in [0, 0.05) is 14.5 Å². The molecule has 2 aliphatic rings. The number of rotatable bonds is 3. The van der Waals surface area contributed by atoms with E-state index in [2.05, 4.69) is 27.6 Å². The average Bonchev–Trinajstić information content (AvgIpc) is 3.06. The van der Waals surface area contributed by atoms with Gasteiger partial charge in [0.05, 0.1) is 24.0 Å². The fourth-order valence-electron chi connectivity index (χ4n) is 3.41. The third kappa shape index (κ3) is 4.22. The van der Waals surface area contributed by atoms with Crippen LogP contribution in [0.15, 0.2) is 59.6 Å². The van der Waals surface area contributed by atoms with Crippen LogP contribution in [-0.4, -0.2) is 42.3 Å². The molecule has 4 rings (SSSR count). The van der Waals surface area contributed by atoms with E-state index < -0.39 is 9.84 Å². The molecule has 5 nitrogen and oxygen atoms in total. The molecule has 2 fully saturated rings. The second kappa shape index (κ2) is 7.56. The van der Waals surface area contributed by atoms with Crippen molar-refractivity contribution < 1.29 is 13.2 Å². The fourth-order valence-corrected chi connectivity index (χ4v) is 7.87. The van der Waals surface area contributed by atoms with Gasteiger partial charge < -0.3 is 4.90 Å². The Bertz CT molecular complexity index is 1010. The number of carbonyl (C=O) groups is 1. The molecule has 2 aliphatic heterocycles. The summed E-state index contributed by atoms with van der Waals surface area (Å²) in [6, 6.07) is 17.2. The van der Waals surface area contributed by atoms with Gasteiger partial charge in [0.15, 0.2) is 15.0 Å². The lowest BCUT2D eigenvalue weighted by Gasteiger charge is -2.24. The minimum absolute atomic E-state index is 0.0869. The Balaban J connectivity index is 1.65. The van der Waals surface area contributed by atoms with Crippen molar-refractivity contribution in [3.8, 4) is 0 Å². The number of hydrogen-bond donors (Lipinski definition) is 0. The van der Waals surface area contributed by atoms with Gasteiger partial charge in [0.2, 0.25) is 0 Å². The predicted molar refractivity (Wildman–Crippen MR) is 118 cm³/mol. The minimum atomic E-state index is -3.06. The lowest BCUT2D eigenvalue weighted by Crippen LogP contribution is -2.37. The molecular weight excluding hydrogens is 495 g/mol. The number of nitrogens with zero attached hydrogens (tertiary/aromatic N) is 2. The average molecular weight is 512 g/mol. The summed E-state index contributed by atoms with van der Waals surface area (Å²) in [5.41, 5.74) is 1.80. The van der Waals surface area contributed by atoms with Crippen LogP contribution in [0.3, 0.4) is 0 Å². The zero-order chi connectivity index (χ0) is 19.0. The Morgan fingerprint density at radius 3 is 2.67 bits per heavy atom. The lowest BCUT2D eigenvalue weighted by molar-refractivity contribution is -0.117. The summed E-state index contributed by atoms with van der Waals surface area (Å²) >= 11 is 3.63. The van der Waals surface area contributed by atoms with Gasteiger partial charge in [-0.3, -0.25) is 4.79 Å². The van der Waals surface area contributed by atoms with Gasteiger partial charge in [0.25, 0.3) is 5.91 Å². The number of amides is 1. The Morgan fingerprint density at radius 2 is 1.93 bits per heavy atom. The first-order chi connectivity index (χ1) is 12.9. The lowest BCUT2D eigenvalue weighted by atomic mass is 10.1. The Hall–Kier alpha value is -1.39. The van der Waals surface area contributed by atoms with E-state index in [4.69, 9.17) is 0 Å². The van der Waals surface area contributed by atoms with Gasteiger partial charge in [0.1, 0.15) is 0 Å². The molecule has 2 aromatic rings. The number of hydrogen-bond acceptors (Lipinski definition) is 4. The molecule has 0 radical (unpaired) electrons. The van der Waals surface area contributed by atoms with Crippen LogP contribution in [0.25, 0.3) is 0 Å². The van der Waals surface area contributed by atoms with Crippen molar-refractivity contribution in [2.45, 2.75) is 17.7 Å². The molecule has 0 aromatic heterocycles. The van der Waals surface area contributed by atoms with Crippen molar-refractivity contribution in [3.05, 3.63) is 63.7 Å². The Labute approximate surface area is 176 Å². The van der Waals surface area contributed by atoms with Crippen LogP contribution in [0, 0.1) is 3.57 Å². The maximum atomic E-state index is 12.5. The smallest absolute Gasteiger partial charge is 0.252 e. The fraction of sp³-hybridized carbons (Fsp3) is 0.263. The normalized spacial score (nSPS) is 24.9. The van der Waals surface area contributed by atoms with E-state index >= 15 is 0 Å². The monoisotopic (exact) mass is 512 g/mol. The van der Waals surface area contributed by atoms with E-state index in [-0.39, 0.29) is 35.1 Å². The first-order valence-corrected chi connectivity index (χ1v) is 12.3. The summed E-state index contributed by atoms with van der Waals surface area (Å²) in [5, 5.41) is 0.513. The van der Waals surface area contributed by atoms with Gasteiger partial charge in [-0.2, -0.15) is 4.99 Å². The maximum Gasteiger partial charge on any atom is 0.252 e. The molecule has 2 saturated heterocycles. The zero-order valence-corrected chi connectivity index (χ0v) is 18.1. The van der Waals surface area contributed by atoms with E-state index in [1.54, 1.807) is 0 Å². The molecule has 0 bridgehead atoms. The second-order valence-corrected chi connectivity index (χ2v) is 11.2. The third-order valence-electron chi connectivity index (χ3n) is 4.57. The van der Waals surface area contributed by atoms with Gasteiger partial charge in [-0.05, 0) is 46.4 Å². The second-order valence-electron chi connectivity index (χ2n) is 6.60. The van der Waals surface area contributed by atoms with Crippen LogP contribution in [0.1, 0.15) is 5.56 Å². The number of benzene rings is 2. The van der Waals surface area contributed by atoms with Gasteiger partial charge in [-0.1, -0.05) is 48.2 Å². The van der Waals surface area contributed by atoms with Crippen molar-refractivity contribution in [3.63, 3.8) is 0 Å². The standard InChI is InChI=1S/C19H17IN2O3S2/c20-14-7-4-8-15(10-14)22-16-11-27(24,25)12-17(16)26-19(22)21-18(23)9-13-5-2-1-3-6-13/h1-8,10,16-17H,9,11-12H2/t16-,17-/m1/s1. The summed E-state index contributed by atoms with van der Waals surface area (Å²) in [7, 11) is -3.06. The van der Waals surface area contributed by atoms with E-state index in [1.807, 2.05) is 59.5 Å². The number of carbonyl (C=O) groups excluding carboxylic acids is 1. The number of anilines is 1. The molecule has 0 unspecified atom stereocenters. The summed E-state index contributed by atoms with van der Waals surface area (Å²) in [5.74, 6) is 0.0126. The van der Waals surface area contributed by atoms with Crippen LogP contribution >= 0.6 is 34.4 Å². The highest BCUT2D eigenvalue weighted by atomic mass is 127. The highest BCUT2D eigenvalue weighted by molar-refractivity contribution is 14.1. The van der Waals surface area contributed by atoms with Crippen LogP contribution in [0.4, 0.5) is 5.69 Å². The highest BCUT2D eigenvalue weighted by Gasteiger charge is 2.49. The van der Waals surface area contributed by atoms with Crippen molar-refractivity contribution in [2.24, 2.45) is 4.99 Å². The van der Waals surface area contributed by atoms with Gasteiger partial charge in [-0.15, -0.1) is 0 Å². The maximum absolute atomic E-state index is 12.5. The van der Waals surface area contributed by atoms with Crippen molar-refractivity contribution in [1.82, 2.24) is 0 Å². The molecule has 0 saturated carbocycles. The topological polar surface area (TPSA) is 66.8 Å². The predicted octanol–water partition coefficient (Wildman–Crippen LogP) is 3.14. The molecule has 140 valence electrons. The molecule has 2 aromatic carbocycles. The van der Waals surface area contributed by atoms with Crippen molar-refractivity contribution >= 4 is 61.0 Å². The first-order valence-electron chi connectivity index (χ1n) is 8.49.